The Labute approximate surface area is 119 Å². The normalized spacial score (nSPS) is 14.2. The van der Waals surface area contributed by atoms with Gasteiger partial charge in [-0.25, -0.2) is 0 Å². The molecule has 0 aliphatic rings. The lowest BCUT2D eigenvalue weighted by Gasteiger charge is -2.23. The van der Waals surface area contributed by atoms with E-state index in [0.717, 1.165) is 0 Å². The number of anilines is 1. The zero-order chi connectivity index (χ0) is 14.6. The Morgan fingerprint density at radius 1 is 1.42 bits per heavy atom. The molecular formula is C11H14Cl2N2O4. The third-order valence-electron chi connectivity index (χ3n) is 2.50. The fourth-order valence-electron chi connectivity index (χ4n) is 1.45. The van der Waals surface area contributed by atoms with Gasteiger partial charge in [-0.2, -0.15) is 0 Å². The van der Waals surface area contributed by atoms with E-state index in [9.17, 15) is 15.0 Å². The molecule has 0 aliphatic heterocycles. The molecule has 106 valence electrons. The molecule has 2 unspecified atom stereocenters. The van der Waals surface area contributed by atoms with E-state index in [0.29, 0.717) is 0 Å². The predicted molar refractivity (Wildman–Crippen MR) is 72.0 cm³/mol. The summed E-state index contributed by atoms with van der Waals surface area (Å²) in [5, 5.41) is 30.9. The highest BCUT2D eigenvalue weighted by molar-refractivity contribution is 6.53. The number of nitrogen functional groups attached to an aromatic ring is 1. The molecular weight excluding hydrogens is 295 g/mol. The van der Waals surface area contributed by atoms with Gasteiger partial charge in [0, 0.05) is 0 Å². The van der Waals surface area contributed by atoms with Gasteiger partial charge in [-0.05, 0) is 17.7 Å². The maximum absolute atomic E-state index is 11.3. The molecule has 0 heterocycles. The van der Waals surface area contributed by atoms with Gasteiger partial charge < -0.3 is 26.4 Å². The number of aromatic hydroxyl groups is 1. The maximum Gasteiger partial charge on any atom is 0.253 e. The topological polar surface area (TPSA) is 116 Å². The minimum absolute atomic E-state index is 0.155. The number of hydrogen-bond donors (Lipinski definition) is 5. The quantitative estimate of drug-likeness (QED) is 0.304. The van der Waals surface area contributed by atoms with Crippen molar-refractivity contribution in [2.75, 3.05) is 12.3 Å². The smallest absolute Gasteiger partial charge is 0.253 e. The Morgan fingerprint density at radius 2 is 2.05 bits per heavy atom. The van der Waals surface area contributed by atoms with E-state index >= 15 is 0 Å². The van der Waals surface area contributed by atoms with Crippen molar-refractivity contribution in [1.29, 1.82) is 0 Å². The first-order valence-electron chi connectivity index (χ1n) is 5.32. The Morgan fingerprint density at radius 3 is 2.53 bits per heavy atom. The Kier molecular flexibility index (Phi) is 5.68. The third kappa shape index (κ3) is 4.14. The zero-order valence-electron chi connectivity index (χ0n) is 9.75. The van der Waals surface area contributed by atoms with Gasteiger partial charge in [0.2, 0.25) is 0 Å². The largest absolute Gasteiger partial charge is 0.506 e. The van der Waals surface area contributed by atoms with Crippen LogP contribution in [0, 0.1) is 0 Å². The molecule has 0 aliphatic carbocycles. The van der Waals surface area contributed by atoms with Crippen LogP contribution in [-0.2, 0) is 4.79 Å². The first kappa shape index (κ1) is 15.8. The van der Waals surface area contributed by atoms with Crippen LogP contribution in [0.3, 0.4) is 0 Å². The molecule has 0 radical (unpaired) electrons. The lowest BCUT2D eigenvalue weighted by atomic mass is 10.0. The number of rotatable bonds is 5. The van der Waals surface area contributed by atoms with Gasteiger partial charge in [-0.1, -0.05) is 29.3 Å². The number of aliphatic hydroxyl groups excluding tert-OH is 2. The lowest BCUT2D eigenvalue weighted by Crippen LogP contribution is -2.44. The molecule has 1 amide bonds. The zero-order valence-corrected chi connectivity index (χ0v) is 11.3. The van der Waals surface area contributed by atoms with Crippen LogP contribution in [0.2, 0.25) is 0 Å². The summed E-state index contributed by atoms with van der Waals surface area (Å²) in [5.41, 5.74) is 5.87. The van der Waals surface area contributed by atoms with Gasteiger partial charge in [-0.15, -0.1) is 0 Å². The van der Waals surface area contributed by atoms with Crippen LogP contribution in [0.25, 0.3) is 0 Å². The number of aliphatic hydroxyl groups is 2. The fraction of sp³-hybridized carbons (Fsp3) is 0.364. The summed E-state index contributed by atoms with van der Waals surface area (Å²) in [6, 6.07) is 3.10. The molecule has 19 heavy (non-hydrogen) atoms. The number of amides is 1. The highest BCUT2D eigenvalue weighted by atomic mass is 35.5. The molecule has 6 N–H and O–H groups in total. The second-order valence-electron chi connectivity index (χ2n) is 3.86. The number of hydrogen-bond acceptors (Lipinski definition) is 5. The third-order valence-corrected chi connectivity index (χ3v) is 2.90. The number of nitrogens with one attached hydrogen (secondary N) is 1. The predicted octanol–water partition coefficient (Wildman–Crippen LogP) is 0.289. The molecule has 1 aromatic rings. The number of alkyl halides is 2. The van der Waals surface area contributed by atoms with Crippen molar-refractivity contribution < 1.29 is 20.1 Å². The summed E-state index contributed by atoms with van der Waals surface area (Å²) in [4.78, 5) is 10.00. The Balaban J connectivity index is 2.85. The van der Waals surface area contributed by atoms with Crippen molar-refractivity contribution in [2.24, 2.45) is 0 Å². The van der Waals surface area contributed by atoms with Crippen LogP contribution < -0.4 is 11.1 Å². The van der Waals surface area contributed by atoms with Crippen LogP contribution in [0.5, 0.6) is 5.75 Å². The van der Waals surface area contributed by atoms with Crippen molar-refractivity contribution in [3.63, 3.8) is 0 Å². The van der Waals surface area contributed by atoms with E-state index in [2.05, 4.69) is 5.32 Å². The van der Waals surface area contributed by atoms with Crippen molar-refractivity contribution in [3.05, 3.63) is 23.8 Å². The first-order valence-corrected chi connectivity index (χ1v) is 6.20. The number of carbonyl (C=O) groups is 1. The number of carbonyl (C=O) groups excluding carboxylic acids is 1. The van der Waals surface area contributed by atoms with Gasteiger partial charge in [0.25, 0.3) is 5.91 Å². The molecule has 2 atom stereocenters. The maximum atomic E-state index is 11.3. The Hall–Kier alpha value is -1.21. The SMILES string of the molecule is Nc1ccc(C(O)C(CO)NC(=O)C(Cl)Cl)cc1O. The minimum Gasteiger partial charge on any atom is -0.506 e. The highest BCUT2D eigenvalue weighted by Gasteiger charge is 2.24. The second kappa shape index (κ2) is 6.81. The number of nitrogens with two attached hydrogens (primary N) is 1. The summed E-state index contributed by atoms with van der Waals surface area (Å²) in [5.74, 6) is -0.937. The van der Waals surface area contributed by atoms with Gasteiger partial charge in [0.1, 0.15) is 11.9 Å². The molecule has 1 rings (SSSR count). The molecule has 0 saturated carbocycles. The molecule has 0 saturated heterocycles. The first-order chi connectivity index (χ1) is 8.86. The van der Waals surface area contributed by atoms with Gasteiger partial charge in [0.15, 0.2) is 4.84 Å². The summed E-state index contributed by atoms with van der Waals surface area (Å²) in [6.45, 7) is -0.529. The van der Waals surface area contributed by atoms with Crippen molar-refractivity contribution >= 4 is 34.8 Å². The van der Waals surface area contributed by atoms with Crippen LogP contribution >= 0.6 is 23.2 Å². The number of phenols is 1. The summed E-state index contributed by atoms with van der Waals surface area (Å²) < 4.78 is 0. The van der Waals surface area contributed by atoms with Gasteiger partial charge in [0.05, 0.1) is 18.3 Å². The van der Waals surface area contributed by atoms with Crippen LogP contribution in [0.4, 0.5) is 5.69 Å². The molecule has 1 aromatic carbocycles. The Bertz CT molecular complexity index is 456. The molecule has 0 fully saturated rings. The van der Waals surface area contributed by atoms with E-state index in [1.807, 2.05) is 0 Å². The van der Waals surface area contributed by atoms with Crippen LogP contribution in [0.15, 0.2) is 18.2 Å². The summed E-state index contributed by atoms with van der Waals surface area (Å²) >= 11 is 10.7. The van der Waals surface area contributed by atoms with E-state index in [1.54, 1.807) is 0 Å². The lowest BCUT2D eigenvalue weighted by molar-refractivity contribution is -0.121. The average Bonchev–Trinajstić information content (AvgIpc) is 2.37. The summed E-state index contributed by atoms with van der Waals surface area (Å²) in [6.07, 6.45) is -1.24. The highest BCUT2D eigenvalue weighted by Crippen LogP contribution is 2.26. The van der Waals surface area contributed by atoms with E-state index in [1.165, 1.54) is 18.2 Å². The number of halogens is 2. The number of benzene rings is 1. The van der Waals surface area contributed by atoms with E-state index < -0.39 is 29.5 Å². The van der Waals surface area contributed by atoms with Gasteiger partial charge in [-0.3, -0.25) is 4.79 Å². The van der Waals surface area contributed by atoms with Crippen molar-refractivity contribution in [3.8, 4) is 5.75 Å². The van der Waals surface area contributed by atoms with E-state index in [4.69, 9.17) is 34.0 Å². The fourth-order valence-corrected chi connectivity index (χ4v) is 1.57. The molecule has 6 nitrogen and oxygen atoms in total. The molecule has 0 bridgehead atoms. The standard InChI is InChI=1S/C11H14Cl2N2O4/c12-10(13)11(19)15-7(4-16)9(18)5-1-2-6(14)8(17)3-5/h1-3,7,9-10,16-18H,4,14H2,(H,15,19). The molecule has 8 heteroatoms. The molecule has 0 aromatic heterocycles. The average molecular weight is 309 g/mol. The van der Waals surface area contributed by atoms with Crippen molar-refractivity contribution in [1.82, 2.24) is 5.32 Å². The van der Waals surface area contributed by atoms with Crippen molar-refractivity contribution in [2.45, 2.75) is 17.0 Å². The number of phenolic OH excluding ortho intramolecular Hbond substituents is 1. The van der Waals surface area contributed by atoms with Crippen LogP contribution in [-0.4, -0.2) is 38.7 Å². The minimum atomic E-state index is -1.30. The van der Waals surface area contributed by atoms with Crippen LogP contribution in [0.1, 0.15) is 11.7 Å². The second-order valence-corrected chi connectivity index (χ2v) is 4.96. The van der Waals surface area contributed by atoms with Gasteiger partial charge >= 0.3 is 0 Å². The monoisotopic (exact) mass is 308 g/mol. The molecule has 0 spiro atoms. The van der Waals surface area contributed by atoms with E-state index in [-0.39, 0.29) is 17.0 Å². The summed E-state index contributed by atoms with van der Waals surface area (Å²) in [7, 11) is 0.